The number of fused-ring (bicyclic) bond motifs is 1. The zero-order valence-electron chi connectivity index (χ0n) is 18.3. The van der Waals surface area contributed by atoms with Crippen LogP contribution < -0.4 is 10.6 Å². The molecule has 3 amide bonds. The summed E-state index contributed by atoms with van der Waals surface area (Å²) in [5.74, 6) is -1.51. The molecule has 1 aromatic rings. The largest absolute Gasteiger partial charge is 0.396 e. The number of rotatable bonds is 7. The van der Waals surface area contributed by atoms with Crippen molar-refractivity contribution in [3.63, 3.8) is 0 Å². The minimum atomic E-state index is -0.625. The number of anilines is 1. The lowest BCUT2D eigenvalue weighted by molar-refractivity contribution is -0.139. The number of benzene rings is 1. The van der Waals surface area contributed by atoms with Crippen LogP contribution in [0.4, 0.5) is 5.69 Å². The van der Waals surface area contributed by atoms with E-state index in [0.717, 1.165) is 12.8 Å². The van der Waals surface area contributed by atoms with Crippen LogP contribution >= 0.6 is 11.8 Å². The maximum absolute atomic E-state index is 13.7. The van der Waals surface area contributed by atoms with Gasteiger partial charge in [-0.25, -0.2) is 0 Å². The average Bonchev–Trinajstić information content (AvgIpc) is 3.27. The first kappa shape index (κ1) is 22.1. The Morgan fingerprint density at radius 2 is 1.94 bits per heavy atom. The number of para-hydroxylation sites is 1. The van der Waals surface area contributed by atoms with Gasteiger partial charge in [-0.15, -0.1) is 11.8 Å². The van der Waals surface area contributed by atoms with E-state index in [-0.39, 0.29) is 30.4 Å². The zero-order chi connectivity index (χ0) is 22.4. The van der Waals surface area contributed by atoms with Gasteiger partial charge in [0.2, 0.25) is 17.7 Å². The Morgan fingerprint density at radius 3 is 2.58 bits per heavy atom. The smallest absolute Gasteiger partial charge is 0.244 e. The van der Waals surface area contributed by atoms with Crippen molar-refractivity contribution < 1.29 is 19.5 Å². The quantitative estimate of drug-likeness (QED) is 0.596. The lowest BCUT2D eigenvalue weighted by atomic mass is 9.66. The van der Waals surface area contributed by atoms with Crippen LogP contribution in [0.25, 0.3) is 0 Å². The second kappa shape index (κ2) is 8.13. The molecule has 3 N–H and O–H groups in total. The zero-order valence-corrected chi connectivity index (χ0v) is 19.1. The molecule has 168 valence electrons. The van der Waals surface area contributed by atoms with Crippen LogP contribution in [0.15, 0.2) is 30.3 Å². The fraction of sp³-hybridized carbons (Fsp3) is 0.609. The topological polar surface area (TPSA) is 98.7 Å². The number of hydrogen-bond acceptors (Lipinski definition) is 5. The number of nitrogens with zero attached hydrogens (tertiary/aromatic N) is 1. The maximum Gasteiger partial charge on any atom is 0.244 e. The number of amides is 3. The molecule has 3 heterocycles. The molecule has 3 fully saturated rings. The fourth-order valence-corrected chi connectivity index (χ4v) is 8.07. The van der Waals surface area contributed by atoms with Crippen molar-refractivity contribution in [3.8, 4) is 0 Å². The van der Waals surface area contributed by atoms with E-state index >= 15 is 0 Å². The van der Waals surface area contributed by atoms with E-state index in [0.29, 0.717) is 18.7 Å². The van der Waals surface area contributed by atoms with Gasteiger partial charge < -0.3 is 20.6 Å². The van der Waals surface area contributed by atoms with Crippen LogP contribution in [-0.2, 0) is 14.4 Å². The van der Waals surface area contributed by atoms with E-state index in [2.05, 4.69) is 17.6 Å². The molecule has 1 aromatic carbocycles. The number of likely N-dealkylation sites (tertiary alicyclic amines) is 1. The SMILES string of the molecule is CC(C)NC(=O)C1N(CCCO)C(=O)[C@@H]2[C@H](C(=O)Nc3ccccc3)[C@]3(C)CCC12S3. The summed E-state index contributed by atoms with van der Waals surface area (Å²) in [5.41, 5.74) is 0.703. The highest BCUT2D eigenvalue weighted by molar-refractivity contribution is 8.02. The number of carbonyl (C=O) groups is 3. The minimum Gasteiger partial charge on any atom is -0.396 e. The molecule has 3 aliphatic heterocycles. The third-order valence-electron chi connectivity index (χ3n) is 6.84. The molecule has 2 unspecified atom stereocenters. The number of aliphatic hydroxyl groups is 1. The van der Waals surface area contributed by atoms with Crippen molar-refractivity contribution in [3.05, 3.63) is 30.3 Å². The van der Waals surface area contributed by atoms with Gasteiger partial charge in [-0.1, -0.05) is 18.2 Å². The van der Waals surface area contributed by atoms with Gasteiger partial charge in [-0.2, -0.15) is 0 Å². The first-order valence-corrected chi connectivity index (χ1v) is 11.8. The highest BCUT2D eigenvalue weighted by Gasteiger charge is 2.77. The average molecular weight is 446 g/mol. The van der Waals surface area contributed by atoms with E-state index in [9.17, 15) is 19.5 Å². The number of nitrogens with one attached hydrogen (secondary N) is 2. The van der Waals surface area contributed by atoms with E-state index in [1.54, 1.807) is 16.7 Å². The lowest BCUT2D eigenvalue weighted by Crippen LogP contribution is -2.54. The predicted octanol–water partition coefficient (Wildman–Crippen LogP) is 2.01. The Bertz CT molecular complexity index is 879. The van der Waals surface area contributed by atoms with Gasteiger partial charge in [0.05, 0.1) is 16.6 Å². The van der Waals surface area contributed by atoms with Gasteiger partial charge in [0, 0.05) is 29.6 Å². The van der Waals surface area contributed by atoms with Gasteiger partial charge in [0.25, 0.3) is 0 Å². The van der Waals surface area contributed by atoms with Crippen LogP contribution in [0.2, 0.25) is 0 Å². The first-order chi connectivity index (χ1) is 14.7. The second-order valence-electron chi connectivity index (χ2n) is 9.35. The van der Waals surface area contributed by atoms with E-state index < -0.39 is 27.4 Å². The van der Waals surface area contributed by atoms with Crippen LogP contribution in [0, 0.1) is 11.8 Å². The molecule has 0 aliphatic carbocycles. The second-order valence-corrected chi connectivity index (χ2v) is 11.3. The van der Waals surface area contributed by atoms with Crippen LogP contribution in [0.3, 0.4) is 0 Å². The van der Waals surface area contributed by atoms with Crippen molar-refractivity contribution in [1.82, 2.24) is 10.2 Å². The van der Waals surface area contributed by atoms with Crippen LogP contribution in [0.1, 0.15) is 40.0 Å². The van der Waals surface area contributed by atoms with Crippen LogP contribution in [0.5, 0.6) is 0 Å². The van der Waals surface area contributed by atoms with Crippen molar-refractivity contribution >= 4 is 35.2 Å². The Balaban J connectivity index is 1.70. The molecule has 3 aliphatic rings. The van der Waals surface area contributed by atoms with Crippen molar-refractivity contribution in [2.45, 2.75) is 61.6 Å². The molecule has 31 heavy (non-hydrogen) atoms. The summed E-state index contributed by atoms with van der Waals surface area (Å²) in [6, 6.07) is 8.60. The summed E-state index contributed by atoms with van der Waals surface area (Å²) in [7, 11) is 0. The van der Waals surface area contributed by atoms with Gasteiger partial charge in [0.15, 0.2) is 0 Å². The molecule has 7 nitrogen and oxygen atoms in total. The van der Waals surface area contributed by atoms with Gasteiger partial charge in [0.1, 0.15) is 6.04 Å². The molecule has 2 bridgehead atoms. The Kier molecular flexibility index (Phi) is 5.81. The number of carbonyl (C=O) groups excluding carboxylic acids is 3. The number of aliphatic hydroxyl groups excluding tert-OH is 1. The third kappa shape index (κ3) is 3.53. The molecular weight excluding hydrogens is 414 g/mol. The summed E-state index contributed by atoms with van der Waals surface area (Å²) >= 11 is 1.66. The van der Waals surface area contributed by atoms with Gasteiger partial charge >= 0.3 is 0 Å². The number of thioether (sulfide) groups is 1. The van der Waals surface area contributed by atoms with Crippen LogP contribution in [-0.4, -0.2) is 62.5 Å². The molecule has 3 saturated heterocycles. The monoisotopic (exact) mass is 445 g/mol. The highest BCUT2D eigenvalue weighted by Crippen LogP contribution is 2.71. The summed E-state index contributed by atoms with van der Waals surface area (Å²) in [5, 5.41) is 15.3. The fourth-order valence-electron chi connectivity index (χ4n) is 5.71. The maximum atomic E-state index is 13.7. The summed E-state index contributed by atoms with van der Waals surface area (Å²) < 4.78 is -1.00. The van der Waals surface area contributed by atoms with E-state index in [4.69, 9.17) is 0 Å². The minimum absolute atomic E-state index is 0.0471. The standard InChI is InChI=1S/C23H31N3O4S/c1-14(2)24-20(29)18-23-11-10-22(3,31-23)16(17(23)21(30)26(18)12-7-13-27)19(28)25-15-8-5-4-6-9-15/h4-6,8-9,14,16-18,27H,7,10-13H2,1-3H3,(H,24,29)(H,25,28)/t16-,17+,18?,22+,23?/m1/s1. The Hall–Kier alpha value is -2.06. The molecule has 0 saturated carbocycles. The highest BCUT2D eigenvalue weighted by atomic mass is 32.2. The molecule has 1 spiro atoms. The number of hydrogen-bond donors (Lipinski definition) is 3. The Morgan fingerprint density at radius 1 is 1.23 bits per heavy atom. The lowest BCUT2D eigenvalue weighted by Gasteiger charge is -2.35. The summed E-state index contributed by atoms with van der Waals surface area (Å²) in [4.78, 5) is 42.0. The summed E-state index contributed by atoms with van der Waals surface area (Å²) in [6.07, 6.45) is 1.92. The molecule has 8 heteroatoms. The van der Waals surface area contributed by atoms with Crippen molar-refractivity contribution in [1.29, 1.82) is 0 Å². The molecule has 0 aromatic heterocycles. The third-order valence-corrected chi connectivity index (χ3v) is 8.82. The summed E-state index contributed by atoms with van der Waals surface area (Å²) in [6.45, 7) is 6.12. The van der Waals surface area contributed by atoms with E-state index in [1.165, 1.54) is 0 Å². The van der Waals surface area contributed by atoms with Crippen molar-refractivity contribution in [2.24, 2.45) is 11.8 Å². The molecule has 5 atom stereocenters. The Labute approximate surface area is 187 Å². The normalized spacial score (nSPS) is 33.6. The molecule has 0 radical (unpaired) electrons. The van der Waals surface area contributed by atoms with Gasteiger partial charge in [-0.3, -0.25) is 14.4 Å². The predicted molar refractivity (Wildman–Crippen MR) is 120 cm³/mol. The first-order valence-electron chi connectivity index (χ1n) is 11.0. The molecular formula is C23H31N3O4S. The molecule has 4 rings (SSSR count). The van der Waals surface area contributed by atoms with Crippen molar-refractivity contribution in [2.75, 3.05) is 18.5 Å². The van der Waals surface area contributed by atoms with Gasteiger partial charge in [-0.05, 0) is 52.2 Å². The van der Waals surface area contributed by atoms with E-state index in [1.807, 2.05) is 44.2 Å².